The Hall–Kier alpha value is -2.81. The van der Waals surface area contributed by atoms with Crippen LogP contribution in [0.3, 0.4) is 0 Å². The summed E-state index contributed by atoms with van der Waals surface area (Å²) in [6, 6.07) is 21.9. The Morgan fingerprint density at radius 2 is 1.67 bits per heavy atom. The lowest BCUT2D eigenvalue weighted by atomic mass is 10.1. The summed E-state index contributed by atoms with van der Waals surface area (Å²) in [5.41, 5.74) is 1.88. The van der Waals surface area contributed by atoms with Gasteiger partial charge in [-0.15, -0.1) is 0 Å². The van der Waals surface area contributed by atoms with Crippen molar-refractivity contribution >= 4 is 17.0 Å². The molecular formula is C18H15NO2. The third-order valence-electron chi connectivity index (χ3n) is 3.38. The fraction of sp³-hybridized carbons (Fsp3) is 0.0556. The third-order valence-corrected chi connectivity index (χ3v) is 3.38. The summed E-state index contributed by atoms with van der Waals surface area (Å²) in [7, 11) is 0. The lowest BCUT2D eigenvalue weighted by Gasteiger charge is -2.10. The summed E-state index contributed by atoms with van der Waals surface area (Å²) < 4.78 is 5.88. The van der Waals surface area contributed by atoms with Gasteiger partial charge in [0.25, 0.3) is 0 Å². The Morgan fingerprint density at radius 3 is 2.57 bits per heavy atom. The molecule has 0 aliphatic heterocycles. The smallest absolute Gasteiger partial charge is 0.128 e. The van der Waals surface area contributed by atoms with Crippen LogP contribution >= 0.6 is 0 Å². The van der Waals surface area contributed by atoms with Gasteiger partial charge in [-0.1, -0.05) is 59.8 Å². The van der Waals surface area contributed by atoms with E-state index in [0.717, 1.165) is 11.1 Å². The van der Waals surface area contributed by atoms with Crippen LogP contribution < -0.4 is 4.74 Å². The number of fused-ring (bicyclic) bond motifs is 1. The third kappa shape index (κ3) is 2.87. The van der Waals surface area contributed by atoms with Crippen molar-refractivity contribution in [2.24, 2.45) is 5.16 Å². The quantitative estimate of drug-likeness (QED) is 0.440. The van der Waals surface area contributed by atoms with Gasteiger partial charge in [-0.25, -0.2) is 0 Å². The van der Waals surface area contributed by atoms with E-state index in [-0.39, 0.29) is 0 Å². The standard InChI is InChI=1S/C18H15NO2/c20-19-12-15-7-2-4-11-18(15)21-13-16-9-5-8-14-6-1-3-10-17(14)16/h1-12,20H,13H2. The summed E-state index contributed by atoms with van der Waals surface area (Å²) in [6.45, 7) is 0.470. The van der Waals surface area contributed by atoms with Crippen molar-refractivity contribution in [2.45, 2.75) is 6.61 Å². The second-order valence-electron chi connectivity index (χ2n) is 4.71. The summed E-state index contributed by atoms with van der Waals surface area (Å²) in [6.07, 6.45) is 1.37. The highest BCUT2D eigenvalue weighted by atomic mass is 16.5. The van der Waals surface area contributed by atoms with Gasteiger partial charge in [0.15, 0.2) is 0 Å². The van der Waals surface area contributed by atoms with Crippen LogP contribution in [-0.4, -0.2) is 11.4 Å². The van der Waals surface area contributed by atoms with Gasteiger partial charge in [-0.05, 0) is 28.5 Å². The Kier molecular flexibility index (Phi) is 3.83. The summed E-state index contributed by atoms with van der Waals surface area (Å²) in [5, 5.41) is 14.1. The summed E-state index contributed by atoms with van der Waals surface area (Å²) in [4.78, 5) is 0. The van der Waals surface area contributed by atoms with Gasteiger partial charge >= 0.3 is 0 Å². The molecule has 0 radical (unpaired) electrons. The molecule has 21 heavy (non-hydrogen) atoms. The largest absolute Gasteiger partial charge is 0.488 e. The molecule has 0 unspecified atom stereocenters. The summed E-state index contributed by atoms with van der Waals surface area (Å²) >= 11 is 0. The van der Waals surface area contributed by atoms with Crippen LogP contribution in [0.25, 0.3) is 10.8 Å². The minimum absolute atomic E-state index is 0.470. The molecule has 0 saturated heterocycles. The number of hydrogen-bond donors (Lipinski definition) is 1. The fourth-order valence-electron chi connectivity index (χ4n) is 2.35. The molecule has 0 spiro atoms. The van der Waals surface area contributed by atoms with Crippen molar-refractivity contribution < 1.29 is 9.94 Å². The van der Waals surface area contributed by atoms with Crippen molar-refractivity contribution in [1.29, 1.82) is 0 Å². The Balaban J connectivity index is 1.87. The van der Waals surface area contributed by atoms with Gasteiger partial charge in [0, 0.05) is 5.56 Å². The minimum Gasteiger partial charge on any atom is -0.488 e. The molecule has 0 heterocycles. The predicted molar refractivity (Wildman–Crippen MR) is 84.1 cm³/mol. The molecule has 0 atom stereocenters. The first-order chi connectivity index (χ1) is 10.4. The number of oxime groups is 1. The van der Waals surface area contributed by atoms with Gasteiger partial charge in [-0.2, -0.15) is 0 Å². The zero-order valence-corrected chi connectivity index (χ0v) is 11.4. The van der Waals surface area contributed by atoms with Crippen LogP contribution in [0.2, 0.25) is 0 Å². The van der Waals surface area contributed by atoms with E-state index >= 15 is 0 Å². The number of rotatable bonds is 4. The first kappa shape index (κ1) is 13.2. The average Bonchev–Trinajstić information content (AvgIpc) is 2.54. The Labute approximate surface area is 123 Å². The lowest BCUT2D eigenvalue weighted by molar-refractivity contribution is 0.305. The second-order valence-corrected chi connectivity index (χ2v) is 4.71. The van der Waals surface area contributed by atoms with E-state index in [9.17, 15) is 0 Å². The van der Waals surface area contributed by atoms with Crippen LogP contribution in [0.15, 0.2) is 71.9 Å². The molecule has 1 N–H and O–H groups in total. The van der Waals surface area contributed by atoms with E-state index in [4.69, 9.17) is 9.94 Å². The van der Waals surface area contributed by atoms with E-state index in [2.05, 4.69) is 29.4 Å². The van der Waals surface area contributed by atoms with Crippen LogP contribution in [0, 0.1) is 0 Å². The van der Waals surface area contributed by atoms with Gasteiger partial charge < -0.3 is 9.94 Å². The predicted octanol–water partition coefficient (Wildman–Crippen LogP) is 4.23. The maximum Gasteiger partial charge on any atom is 0.128 e. The van der Waals surface area contributed by atoms with Crippen LogP contribution in [0.1, 0.15) is 11.1 Å². The molecule has 0 aliphatic rings. The molecule has 0 bridgehead atoms. The highest BCUT2D eigenvalue weighted by molar-refractivity contribution is 5.85. The molecule has 0 fully saturated rings. The highest BCUT2D eigenvalue weighted by Gasteiger charge is 2.04. The van der Waals surface area contributed by atoms with Crippen molar-refractivity contribution in [2.75, 3.05) is 0 Å². The Bertz CT molecular complexity index is 776. The summed E-state index contributed by atoms with van der Waals surface area (Å²) in [5.74, 6) is 0.697. The maximum absolute atomic E-state index is 8.68. The zero-order chi connectivity index (χ0) is 14.5. The van der Waals surface area contributed by atoms with Crippen LogP contribution in [0.5, 0.6) is 5.75 Å². The first-order valence-corrected chi connectivity index (χ1v) is 6.74. The molecule has 0 amide bonds. The molecule has 0 aromatic heterocycles. The normalized spacial score (nSPS) is 11.0. The van der Waals surface area contributed by atoms with E-state index in [1.54, 1.807) is 0 Å². The molecule has 0 aliphatic carbocycles. The number of hydrogen-bond acceptors (Lipinski definition) is 3. The highest BCUT2D eigenvalue weighted by Crippen LogP contribution is 2.22. The molecule has 0 saturated carbocycles. The molecule has 3 heteroatoms. The van der Waals surface area contributed by atoms with Crippen LogP contribution in [-0.2, 0) is 6.61 Å². The van der Waals surface area contributed by atoms with Crippen molar-refractivity contribution in [3.63, 3.8) is 0 Å². The number of benzene rings is 3. The molecule has 104 valence electrons. The van der Waals surface area contributed by atoms with Crippen LogP contribution in [0.4, 0.5) is 0 Å². The van der Waals surface area contributed by atoms with Gasteiger partial charge in [0.2, 0.25) is 0 Å². The average molecular weight is 277 g/mol. The molecular weight excluding hydrogens is 262 g/mol. The molecule has 3 aromatic carbocycles. The maximum atomic E-state index is 8.68. The number of ether oxygens (including phenoxy) is 1. The molecule has 3 rings (SSSR count). The number of para-hydroxylation sites is 1. The second kappa shape index (κ2) is 6.09. The Morgan fingerprint density at radius 1 is 0.905 bits per heavy atom. The zero-order valence-electron chi connectivity index (χ0n) is 11.4. The topological polar surface area (TPSA) is 41.8 Å². The minimum atomic E-state index is 0.470. The van der Waals surface area contributed by atoms with E-state index < -0.39 is 0 Å². The van der Waals surface area contributed by atoms with Gasteiger partial charge in [-0.3, -0.25) is 0 Å². The SMILES string of the molecule is ON=Cc1ccccc1OCc1cccc2ccccc12. The molecule has 3 aromatic rings. The number of nitrogens with zero attached hydrogens (tertiary/aromatic N) is 1. The molecule has 3 nitrogen and oxygen atoms in total. The van der Waals surface area contributed by atoms with E-state index in [0.29, 0.717) is 12.4 Å². The van der Waals surface area contributed by atoms with Crippen molar-refractivity contribution in [3.05, 3.63) is 77.9 Å². The van der Waals surface area contributed by atoms with Gasteiger partial charge in [0.05, 0.1) is 6.21 Å². The van der Waals surface area contributed by atoms with Gasteiger partial charge in [0.1, 0.15) is 12.4 Å². The van der Waals surface area contributed by atoms with Crippen molar-refractivity contribution in [1.82, 2.24) is 0 Å². The first-order valence-electron chi connectivity index (χ1n) is 6.74. The lowest BCUT2D eigenvalue weighted by Crippen LogP contribution is -1.99. The fourth-order valence-corrected chi connectivity index (χ4v) is 2.35. The monoisotopic (exact) mass is 277 g/mol. The van der Waals surface area contributed by atoms with E-state index in [1.165, 1.54) is 17.0 Å². The van der Waals surface area contributed by atoms with Crippen molar-refractivity contribution in [3.8, 4) is 5.75 Å². The van der Waals surface area contributed by atoms with E-state index in [1.807, 2.05) is 42.5 Å².